The number of urea groups is 1. The van der Waals surface area contributed by atoms with Crippen LogP contribution in [0.2, 0.25) is 0 Å². The van der Waals surface area contributed by atoms with Crippen LogP contribution in [0.3, 0.4) is 0 Å². The molecule has 0 aromatic heterocycles. The van der Waals surface area contributed by atoms with Gasteiger partial charge in [0.15, 0.2) is 0 Å². The molecule has 0 atom stereocenters. The lowest BCUT2D eigenvalue weighted by Crippen LogP contribution is -2.31. The standard InChI is InChI=1S/C19H24N4O2/c1-15(24)21-16-9-11-17(12-10-16)22-19(25)20-13-6-14-23(2)18-7-4-3-5-8-18/h3-5,7-12H,6,13-14H2,1-2H3,(H,21,24)(H2,20,22,25). The smallest absolute Gasteiger partial charge is 0.319 e. The summed E-state index contributed by atoms with van der Waals surface area (Å²) in [5.41, 5.74) is 2.53. The van der Waals surface area contributed by atoms with Crippen LogP contribution >= 0.6 is 0 Å². The fourth-order valence-electron chi connectivity index (χ4n) is 2.35. The van der Waals surface area contributed by atoms with Crippen molar-refractivity contribution in [1.29, 1.82) is 0 Å². The van der Waals surface area contributed by atoms with Crippen molar-refractivity contribution in [3.63, 3.8) is 0 Å². The van der Waals surface area contributed by atoms with Crippen molar-refractivity contribution in [1.82, 2.24) is 5.32 Å². The first-order valence-corrected chi connectivity index (χ1v) is 8.23. The third-order valence-electron chi connectivity index (χ3n) is 3.62. The number of nitrogens with zero attached hydrogens (tertiary/aromatic N) is 1. The molecule has 0 aliphatic rings. The van der Waals surface area contributed by atoms with Crippen LogP contribution in [-0.4, -0.2) is 32.1 Å². The van der Waals surface area contributed by atoms with E-state index in [9.17, 15) is 9.59 Å². The molecule has 0 radical (unpaired) electrons. The summed E-state index contributed by atoms with van der Waals surface area (Å²) in [6.07, 6.45) is 0.848. The maximum Gasteiger partial charge on any atom is 0.319 e. The van der Waals surface area contributed by atoms with Crippen LogP contribution in [0.1, 0.15) is 13.3 Å². The fourth-order valence-corrected chi connectivity index (χ4v) is 2.35. The summed E-state index contributed by atoms with van der Waals surface area (Å²) in [6, 6.07) is 16.9. The zero-order valence-electron chi connectivity index (χ0n) is 14.6. The summed E-state index contributed by atoms with van der Waals surface area (Å²) >= 11 is 0. The minimum Gasteiger partial charge on any atom is -0.375 e. The van der Waals surface area contributed by atoms with Gasteiger partial charge in [0.1, 0.15) is 0 Å². The summed E-state index contributed by atoms with van der Waals surface area (Å²) in [5.74, 6) is -0.126. The first-order chi connectivity index (χ1) is 12.0. The molecule has 6 nitrogen and oxygen atoms in total. The molecule has 0 fully saturated rings. The Morgan fingerprint density at radius 2 is 1.52 bits per heavy atom. The predicted molar refractivity (Wildman–Crippen MR) is 102 cm³/mol. The van der Waals surface area contributed by atoms with E-state index in [0.29, 0.717) is 17.9 Å². The van der Waals surface area contributed by atoms with Gasteiger partial charge in [-0.2, -0.15) is 0 Å². The number of nitrogens with one attached hydrogen (secondary N) is 3. The molecule has 2 aromatic carbocycles. The number of anilines is 3. The Balaban J connectivity index is 1.67. The molecule has 0 saturated heterocycles. The quantitative estimate of drug-likeness (QED) is 0.677. The van der Waals surface area contributed by atoms with E-state index >= 15 is 0 Å². The van der Waals surface area contributed by atoms with Gasteiger partial charge in [-0.25, -0.2) is 4.79 Å². The average molecular weight is 340 g/mol. The van der Waals surface area contributed by atoms with Crippen LogP contribution in [0.25, 0.3) is 0 Å². The third kappa shape index (κ3) is 6.55. The van der Waals surface area contributed by atoms with E-state index in [1.165, 1.54) is 6.92 Å². The van der Waals surface area contributed by atoms with E-state index in [2.05, 4.69) is 33.0 Å². The number of para-hydroxylation sites is 1. The molecule has 0 aliphatic heterocycles. The molecule has 6 heteroatoms. The van der Waals surface area contributed by atoms with Crippen molar-refractivity contribution in [3.8, 4) is 0 Å². The highest BCUT2D eigenvalue weighted by Crippen LogP contribution is 2.13. The molecule has 0 bridgehead atoms. The molecule has 25 heavy (non-hydrogen) atoms. The largest absolute Gasteiger partial charge is 0.375 e. The van der Waals surface area contributed by atoms with Crippen LogP contribution in [0.5, 0.6) is 0 Å². The van der Waals surface area contributed by atoms with Gasteiger partial charge in [0, 0.05) is 44.1 Å². The molecule has 0 aliphatic carbocycles. The topological polar surface area (TPSA) is 73.5 Å². The van der Waals surface area contributed by atoms with Gasteiger partial charge in [0.25, 0.3) is 0 Å². The lowest BCUT2D eigenvalue weighted by atomic mass is 10.3. The number of hydrogen-bond acceptors (Lipinski definition) is 3. The molecular formula is C19H24N4O2. The van der Waals surface area contributed by atoms with Crippen LogP contribution in [-0.2, 0) is 4.79 Å². The lowest BCUT2D eigenvalue weighted by Gasteiger charge is -2.19. The lowest BCUT2D eigenvalue weighted by molar-refractivity contribution is -0.114. The van der Waals surface area contributed by atoms with Gasteiger partial charge < -0.3 is 20.9 Å². The van der Waals surface area contributed by atoms with Gasteiger partial charge in [0.05, 0.1) is 0 Å². The molecule has 0 saturated carbocycles. The first-order valence-electron chi connectivity index (χ1n) is 8.23. The summed E-state index contributed by atoms with van der Waals surface area (Å²) in [4.78, 5) is 25.0. The van der Waals surface area contributed by atoms with E-state index in [1.54, 1.807) is 24.3 Å². The molecule has 2 aromatic rings. The van der Waals surface area contributed by atoms with Crippen LogP contribution in [0.15, 0.2) is 54.6 Å². The molecule has 0 heterocycles. The number of rotatable bonds is 7. The Morgan fingerprint density at radius 3 is 2.12 bits per heavy atom. The van der Waals surface area contributed by atoms with Crippen LogP contribution < -0.4 is 20.9 Å². The van der Waals surface area contributed by atoms with E-state index in [1.807, 2.05) is 25.2 Å². The number of carbonyl (C=O) groups is 2. The second-order valence-corrected chi connectivity index (χ2v) is 5.75. The maximum atomic E-state index is 11.9. The number of hydrogen-bond donors (Lipinski definition) is 3. The monoisotopic (exact) mass is 340 g/mol. The van der Waals surface area contributed by atoms with Gasteiger partial charge in [-0.05, 0) is 42.8 Å². The Bertz CT molecular complexity index is 686. The summed E-state index contributed by atoms with van der Waals surface area (Å²) in [6.45, 7) is 2.90. The van der Waals surface area contributed by atoms with Gasteiger partial charge in [-0.1, -0.05) is 18.2 Å². The zero-order valence-corrected chi connectivity index (χ0v) is 14.6. The van der Waals surface area contributed by atoms with Crippen molar-refractivity contribution in [3.05, 3.63) is 54.6 Å². The van der Waals surface area contributed by atoms with E-state index in [-0.39, 0.29) is 11.9 Å². The van der Waals surface area contributed by atoms with Crippen molar-refractivity contribution in [2.45, 2.75) is 13.3 Å². The van der Waals surface area contributed by atoms with Crippen LogP contribution in [0, 0.1) is 0 Å². The molecular weight excluding hydrogens is 316 g/mol. The first kappa shape index (κ1) is 18.3. The van der Waals surface area contributed by atoms with E-state index < -0.39 is 0 Å². The third-order valence-corrected chi connectivity index (χ3v) is 3.62. The Labute approximate surface area is 148 Å². The second kappa shape index (κ2) is 9.32. The minimum atomic E-state index is -0.241. The zero-order chi connectivity index (χ0) is 18.1. The summed E-state index contributed by atoms with van der Waals surface area (Å²) < 4.78 is 0. The van der Waals surface area contributed by atoms with Crippen molar-refractivity contribution in [2.75, 3.05) is 35.7 Å². The molecule has 2 rings (SSSR count). The Morgan fingerprint density at radius 1 is 0.920 bits per heavy atom. The maximum absolute atomic E-state index is 11.9. The Kier molecular flexibility index (Phi) is 6.83. The highest BCUT2D eigenvalue weighted by atomic mass is 16.2. The highest BCUT2D eigenvalue weighted by Gasteiger charge is 2.03. The number of amides is 3. The van der Waals surface area contributed by atoms with Gasteiger partial charge in [0.2, 0.25) is 5.91 Å². The van der Waals surface area contributed by atoms with Gasteiger partial charge >= 0.3 is 6.03 Å². The predicted octanol–water partition coefficient (Wildman–Crippen LogP) is 3.29. The van der Waals surface area contributed by atoms with Crippen molar-refractivity contribution in [2.24, 2.45) is 0 Å². The summed E-state index contributed by atoms with van der Waals surface area (Å²) in [5, 5.41) is 8.28. The van der Waals surface area contributed by atoms with Gasteiger partial charge in [-0.3, -0.25) is 4.79 Å². The number of carbonyl (C=O) groups excluding carboxylic acids is 2. The van der Waals surface area contributed by atoms with E-state index in [4.69, 9.17) is 0 Å². The Hall–Kier alpha value is -3.02. The highest BCUT2D eigenvalue weighted by molar-refractivity contribution is 5.91. The minimum absolute atomic E-state index is 0.126. The van der Waals surface area contributed by atoms with E-state index in [0.717, 1.165) is 18.7 Å². The molecule has 3 N–H and O–H groups in total. The molecule has 132 valence electrons. The van der Waals surface area contributed by atoms with Crippen LogP contribution in [0.4, 0.5) is 21.9 Å². The fraction of sp³-hybridized carbons (Fsp3) is 0.263. The molecule has 0 spiro atoms. The molecule has 3 amide bonds. The second-order valence-electron chi connectivity index (χ2n) is 5.75. The van der Waals surface area contributed by atoms with Crippen molar-refractivity contribution >= 4 is 29.0 Å². The number of benzene rings is 2. The molecule has 0 unspecified atom stereocenters. The van der Waals surface area contributed by atoms with Gasteiger partial charge in [-0.15, -0.1) is 0 Å². The summed E-state index contributed by atoms with van der Waals surface area (Å²) in [7, 11) is 2.03. The normalized spacial score (nSPS) is 10.0. The SMILES string of the molecule is CC(=O)Nc1ccc(NC(=O)NCCCN(C)c2ccccc2)cc1. The average Bonchev–Trinajstić information content (AvgIpc) is 2.60. The van der Waals surface area contributed by atoms with Crippen molar-refractivity contribution < 1.29 is 9.59 Å².